The third-order valence-electron chi connectivity index (χ3n) is 16.2. The lowest BCUT2D eigenvalue weighted by atomic mass is 9.99. The summed E-state index contributed by atoms with van der Waals surface area (Å²) in [5.41, 5.74) is 0. The van der Waals surface area contributed by atoms with Crippen LogP contribution in [0.15, 0.2) is 48.6 Å². The molecule has 1 heterocycles. The van der Waals surface area contributed by atoms with Gasteiger partial charge in [-0.2, -0.15) is 0 Å². The molecule has 474 valence electrons. The topological polar surface area (TPSA) is 175 Å². The van der Waals surface area contributed by atoms with Gasteiger partial charge in [0, 0.05) is 12.8 Å². The Morgan fingerprint density at radius 1 is 0.457 bits per heavy atom. The summed E-state index contributed by atoms with van der Waals surface area (Å²) in [6.45, 7) is 4.29. The van der Waals surface area contributed by atoms with Crippen molar-refractivity contribution in [3.05, 3.63) is 48.6 Å². The van der Waals surface area contributed by atoms with E-state index in [1.165, 1.54) is 225 Å². The third-order valence-corrected chi connectivity index (χ3v) is 16.2. The van der Waals surface area contributed by atoms with Crippen LogP contribution in [0.2, 0.25) is 0 Å². The molecule has 1 aliphatic heterocycles. The van der Waals surface area contributed by atoms with Crippen molar-refractivity contribution in [2.45, 2.75) is 365 Å². The van der Waals surface area contributed by atoms with Crippen LogP contribution in [0.25, 0.3) is 0 Å². The normalized spacial score (nSPS) is 18.5. The van der Waals surface area contributed by atoms with E-state index in [2.05, 4.69) is 55.6 Å². The summed E-state index contributed by atoms with van der Waals surface area (Å²) in [5.74, 6) is -0.193. The second-order valence-electron chi connectivity index (χ2n) is 23.9. The van der Waals surface area contributed by atoms with Crippen molar-refractivity contribution in [3.63, 3.8) is 0 Å². The van der Waals surface area contributed by atoms with Gasteiger partial charge in [-0.05, 0) is 77.0 Å². The van der Waals surface area contributed by atoms with E-state index in [9.17, 15) is 35.1 Å². The van der Waals surface area contributed by atoms with Crippen LogP contribution in [0.3, 0.4) is 0 Å². The lowest BCUT2D eigenvalue weighted by Gasteiger charge is -2.40. The third kappa shape index (κ3) is 48.5. The minimum absolute atomic E-state index is 0.00463. The highest BCUT2D eigenvalue weighted by Gasteiger charge is 2.44. The van der Waals surface area contributed by atoms with E-state index in [0.29, 0.717) is 19.4 Å². The Labute approximate surface area is 497 Å². The first-order valence-corrected chi connectivity index (χ1v) is 34.4. The van der Waals surface area contributed by atoms with Gasteiger partial charge in [0.05, 0.1) is 32.0 Å². The Balaban J connectivity index is 1.95. The maximum Gasteiger partial charge on any atom is 0.305 e. The number of esters is 1. The molecule has 11 nitrogen and oxygen atoms in total. The Kier molecular flexibility index (Phi) is 56.2. The van der Waals surface area contributed by atoms with Crippen molar-refractivity contribution in [3.8, 4) is 0 Å². The van der Waals surface area contributed by atoms with E-state index < -0.39 is 49.5 Å². The van der Waals surface area contributed by atoms with Crippen LogP contribution in [-0.2, 0) is 23.8 Å². The van der Waals surface area contributed by atoms with Crippen LogP contribution in [0.1, 0.15) is 322 Å². The van der Waals surface area contributed by atoms with Gasteiger partial charge in [0.15, 0.2) is 6.29 Å². The molecule has 1 amide bonds. The summed E-state index contributed by atoms with van der Waals surface area (Å²) in [5, 5.41) is 54.2. The summed E-state index contributed by atoms with van der Waals surface area (Å²) in [6.07, 6.45) is 66.9. The predicted molar refractivity (Wildman–Crippen MR) is 338 cm³/mol. The van der Waals surface area contributed by atoms with E-state index in [1.807, 2.05) is 6.08 Å². The van der Waals surface area contributed by atoms with Crippen LogP contribution < -0.4 is 5.32 Å². The van der Waals surface area contributed by atoms with E-state index in [4.69, 9.17) is 14.2 Å². The molecule has 7 atom stereocenters. The average molecular weight is 1140 g/mol. The maximum atomic E-state index is 13.0. The van der Waals surface area contributed by atoms with Crippen molar-refractivity contribution >= 4 is 11.9 Å². The van der Waals surface area contributed by atoms with E-state index in [-0.39, 0.29) is 18.5 Å². The molecule has 0 aromatic heterocycles. The summed E-state index contributed by atoms with van der Waals surface area (Å²) in [6, 6.07) is -0.829. The highest BCUT2D eigenvalue weighted by Crippen LogP contribution is 2.23. The zero-order valence-electron chi connectivity index (χ0n) is 52.5. The highest BCUT2D eigenvalue weighted by molar-refractivity contribution is 5.76. The Morgan fingerprint density at radius 3 is 1.32 bits per heavy atom. The number of amides is 1. The molecule has 0 aromatic rings. The molecule has 0 spiro atoms. The fourth-order valence-electron chi connectivity index (χ4n) is 10.7. The van der Waals surface area contributed by atoms with Crippen molar-refractivity contribution in [2.75, 3.05) is 19.8 Å². The van der Waals surface area contributed by atoms with Crippen LogP contribution >= 0.6 is 0 Å². The van der Waals surface area contributed by atoms with Crippen LogP contribution in [0.5, 0.6) is 0 Å². The number of aliphatic hydroxyl groups is 5. The molecule has 0 aromatic carbocycles. The van der Waals surface area contributed by atoms with Crippen molar-refractivity contribution in [1.82, 2.24) is 5.32 Å². The molecular formula is C70H129NO10. The number of aliphatic hydroxyl groups excluding tert-OH is 5. The fourth-order valence-corrected chi connectivity index (χ4v) is 10.7. The summed E-state index contributed by atoms with van der Waals surface area (Å²) in [7, 11) is 0. The molecule has 1 rings (SSSR count). The van der Waals surface area contributed by atoms with Gasteiger partial charge in [-0.1, -0.05) is 281 Å². The van der Waals surface area contributed by atoms with Crippen molar-refractivity contribution in [1.29, 1.82) is 0 Å². The Morgan fingerprint density at radius 2 is 0.840 bits per heavy atom. The van der Waals surface area contributed by atoms with Gasteiger partial charge in [-0.25, -0.2) is 0 Å². The molecule has 6 N–H and O–H groups in total. The standard InChI is InChI=1S/C70H129NO10/c1-3-5-7-9-11-13-14-15-16-28-32-35-38-42-46-50-54-58-66(75)79-59-55-51-47-43-39-36-33-30-27-25-23-21-19-17-18-20-22-24-26-29-31-34-37-41-45-49-53-57-65(74)71-62(63(73)56-52-48-44-40-12-10-8-6-4-2)61-80-70-69(78)68(77)67(76)64(60-72)81-70/h12,17-18,21,23,40,52,56,62-64,67-70,72-73,76-78H,3-11,13-16,19-20,22,24-39,41-51,53-55,57-61H2,1-2H3,(H,71,74)/b18-17-,23-21-,40-12+,56-52+. The number of unbranched alkanes of at least 4 members (excludes halogenated alkanes) is 40. The number of rotatable bonds is 60. The number of hydrogen-bond acceptors (Lipinski definition) is 10. The molecule has 0 bridgehead atoms. The minimum Gasteiger partial charge on any atom is -0.466 e. The lowest BCUT2D eigenvalue weighted by molar-refractivity contribution is -0.302. The van der Waals surface area contributed by atoms with E-state index >= 15 is 0 Å². The van der Waals surface area contributed by atoms with Gasteiger partial charge in [0.2, 0.25) is 5.91 Å². The van der Waals surface area contributed by atoms with Crippen LogP contribution in [-0.4, -0.2) is 100 Å². The Bertz CT molecular complexity index is 1480. The molecule has 7 unspecified atom stereocenters. The van der Waals surface area contributed by atoms with E-state index in [0.717, 1.165) is 70.6 Å². The van der Waals surface area contributed by atoms with Crippen LogP contribution in [0.4, 0.5) is 0 Å². The number of ether oxygens (including phenoxy) is 3. The minimum atomic E-state index is -1.58. The predicted octanol–water partition coefficient (Wildman–Crippen LogP) is 17.2. The molecule has 0 saturated carbocycles. The fraction of sp³-hybridized carbons (Fsp3) is 0.857. The van der Waals surface area contributed by atoms with E-state index in [1.54, 1.807) is 6.08 Å². The molecular weight excluding hydrogens is 1010 g/mol. The highest BCUT2D eigenvalue weighted by atomic mass is 16.7. The zero-order chi connectivity index (χ0) is 58.7. The van der Waals surface area contributed by atoms with Gasteiger partial charge in [0.25, 0.3) is 0 Å². The van der Waals surface area contributed by atoms with Crippen molar-refractivity contribution in [2.24, 2.45) is 0 Å². The maximum absolute atomic E-state index is 13.0. The first-order chi connectivity index (χ1) is 39.7. The number of hydrogen-bond donors (Lipinski definition) is 6. The average Bonchev–Trinajstić information content (AvgIpc) is 3.49. The van der Waals surface area contributed by atoms with Gasteiger partial charge in [-0.15, -0.1) is 0 Å². The second-order valence-corrected chi connectivity index (χ2v) is 23.9. The molecule has 0 radical (unpaired) electrons. The molecule has 0 aliphatic carbocycles. The smallest absolute Gasteiger partial charge is 0.305 e. The second kappa shape index (κ2) is 59.4. The quantitative estimate of drug-likeness (QED) is 0.0195. The number of allylic oxidation sites excluding steroid dienone is 7. The first-order valence-electron chi connectivity index (χ1n) is 34.4. The molecule has 1 saturated heterocycles. The molecule has 1 aliphatic rings. The molecule has 1 fully saturated rings. The summed E-state index contributed by atoms with van der Waals surface area (Å²) >= 11 is 0. The van der Waals surface area contributed by atoms with Gasteiger partial charge >= 0.3 is 5.97 Å². The number of carbonyl (C=O) groups is 2. The van der Waals surface area contributed by atoms with Crippen molar-refractivity contribution < 1.29 is 49.3 Å². The SMILES string of the molecule is CCCCC/C=C/CC/C=C/C(O)C(COC1OC(CO)C(O)C(O)C1O)NC(=O)CCCCCCCCCCCCC/C=C\C/C=C\CCCCCCCCCCCOC(=O)CCCCCCCCCCCCCCCCCCC. The van der Waals surface area contributed by atoms with Crippen LogP contribution in [0, 0.1) is 0 Å². The summed E-state index contributed by atoms with van der Waals surface area (Å²) < 4.78 is 16.7. The monoisotopic (exact) mass is 1140 g/mol. The van der Waals surface area contributed by atoms with Gasteiger partial charge < -0.3 is 45.1 Å². The zero-order valence-corrected chi connectivity index (χ0v) is 52.5. The number of carbonyl (C=O) groups excluding carboxylic acids is 2. The number of nitrogens with one attached hydrogen (secondary N) is 1. The molecule has 81 heavy (non-hydrogen) atoms. The summed E-state index contributed by atoms with van der Waals surface area (Å²) in [4.78, 5) is 25.1. The lowest BCUT2D eigenvalue weighted by Crippen LogP contribution is -2.60. The van der Waals surface area contributed by atoms with Gasteiger partial charge in [0.1, 0.15) is 24.4 Å². The van der Waals surface area contributed by atoms with Gasteiger partial charge in [-0.3, -0.25) is 9.59 Å². The molecule has 11 heteroatoms. The largest absolute Gasteiger partial charge is 0.466 e. The first kappa shape index (κ1) is 76.6. The Hall–Kier alpha value is -2.38.